The van der Waals surface area contributed by atoms with Crippen LogP contribution in [-0.4, -0.2) is 57.2 Å². The zero-order valence-electron chi connectivity index (χ0n) is 14.1. The van der Waals surface area contributed by atoms with E-state index in [1.54, 1.807) is 6.33 Å². The molecule has 128 valence electrons. The van der Waals surface area contributed by atoms with Crippen molar-refractivity contribution < 1.29 is 4.79 Å². The van der Waals surface area contributed by atoms with E-state index in [2.05, 4.69) is 25.1 Å². The molecule has 0 unspecified atom stereocenters. The molecule has 7 nitrogen and oxygen atoms in total. The highest BCUT2D eigenvalue weighted by molar-refractivity contribution is 5.97. The second-order valence-corrected chi connectivity index (χ2v) is 6.30. The SMILES string of the molecule is Cc1ccc(N2CCCN(C(=O)c3ccc4nc[nH]c4c3)CC2)nn1. The zero-order valence-corrected chi connectivity index (χ0v) is 14.1. The van der Waals surface area contributed by atoms with E-state index < -0.39 is 0 Å². The number of nitrogens with zero attached hydrogens (tertiary/aromatic N) is 5. The molecule has 0 aliphatic carbocycles. The molecule has 4 rings (SSSR count). The van der Waals surface area contributed by atoms with Crippen molar-refractivity contribution in [1.29, 1.82) is 0 Å². The van der Waals surface area contributed by atoms with Crippen LogP contribution in [0.2, 0.25) is 0 Å². The maximum Gasteiger partial charge on any atom is 0.253 e. The zero-order chi connectivity index (χ0) is 17.2. The molecule has 1 aliphatic rings. The fourth-order valence-electron chi connectivity index (χ4n) is 3.16. The van der Waals surface area contributed by atoms with Gasteiger partial charge in [-0.05, 0) is 43.7 Å². The van der Waals surface area contributed by atoms with E-state index in [0.717, 1.165) is 48.6 Å². The molecule has 1 amide bonds. The van der Waals surface area contributed by atoms with Gasteiger partial charge in [-0.15, -0.1) is 5.10 Å². The van der Waals surface area contributed by atoms with Gasteiger partial charge in [0.15, 0.2) is 5.82 Å². The molecule has 3 aromatic rings. The Hall–Kier alpha value is -2.96. The highest BCUT2D eigenvalue weighted by Crippen LogP contribution is 2.17. The Morgan fingerprint density at radius 2 is 2.00 bits per heavy atom. The van der Waals surface area contributed by atoms with E-state index in [4.69, 9.17) is 0 Å². The van der Waals surface area contributed by atoms with Crippen molar-refractivity contribution in [3.63, 3.8) is 0 Å². The Kier molecular flexibility index (Phi) is 4.05. The third kappa shape index (κ3) is 3.17. The Balaban J connectivity index is 1.48. The first-order chi connectivity index (χ1) is 12.2. The molecule has 1 N–H and O–H groups in total. The third-order valence-electron chi connectivity index (χ3n) is 4.56. The van der Waals surface area contributed by atoms with Crippen molar-refractivity contribution in [1.82, 2.24) is 25.1 Å². The summed E-state index contributed by atoms with van der Waals surface area (Å²) < 4.78 is 0. The number of hydrogen-bond donors (Lipinski definition) is 1. The normalized spacial score (nSPS) is 15.4. The smallest absolute Gasteiger partial charge is 0.253 e. The van der Waals surface area contributed by atoms with Crippen LogP contribution >= 0.6 is 0 Å². The summed E-state index contributed by atoms with van der Waals surface area (Å²) in [6.07, 6.45) is 2.55. The van der Waals surface area contributed by atoms with Crippen molar-refractivity contribution in [2.75, 3.05) is 31.1 Å². The standard InChI is InChI=1S/C18H20N6O/c1-13-3-6-17(22-21-13)23-7-2-8-24(10-9-23)18(25)14-4-5-15-16(11-14)20-12-19-15/h3-6,11-12H,2,7-10H2,1H3,(H,19,20). The van der Waals surface area contributed by atoms with Gasteiger partial charge in [0.25, 0.3) is 5.91 Å². The van der Waals surface area contributed by atoms with Crippen LogP contribution in [0.1, 0.15) is 22.5 Å². The van der Waals surface area contributed by atoms with E-state index in [1.807, 2.05) is 42.2 Å². The number of carbonyl (C=O) groups is 1. The number of hydrogen-bond acceptors (Lipinski definition) is 5. The molecule has 2 aromatic heterocycles. The van der Waals surface area contributed by atoms with Crippen LogP contribution in [0.15, 0.2) is 36.7 Å². The van der Waals surface area contributed by atoms with Crippen LogP contribution in [0.3, 0.4) is 0 Å². The molecule has 0 saturated carbocycles. The number of carbonyl (C=O) groups excluding carboxylic acids is 1. The van der Waals surface area contributed by atoms with Crippen LogP contribution in [-0.2, 0) is 0 Å². The maximum atomic E-state index is 12.9. The summed E-state index contributed by atoms with van der Waals surface area (Å²) in [6, 6.07) is 9.56. The van der Waals surface area contributed by atoms with Gasteiger partial charge in [-0.25, -0.2) is 4.98 Å². The van der Waals surface area contributed by atoms with E-state index in [-0.39, 0.29) is 5.91 Å². The van der Waals surface area contributed by atoms with Crippen molar-refractivity contribution in [3.8, 4) is 0 Å². The van der Waals surface area contributed by atoms with Crippen molar-refractivity contribution >= 4 is 22.8 Å². The lowest BCUT2D eigenvalue weighted by molar-refractivity contribution is 0.0767. The van der Waals surface area contributed by atoms with Gasteiger partial charge in [0.05, 0.1) is 23.1 Å². The van der Waals surface area contributed by atoms with Crippen molar-refractivity contribution in [2.24, 2.45) is 0 Å². The molecule has 0 bridgehead atoms. The van der Waals surface area contributed by atoms with Crippen LogP contribution in [0, 0.1) is 6.92 Å². The lowest BCUT2D eigenvalue weighted by Gasteiger charge is -2.22. The van der Waals surface area contributed by atoms with Gasteiger partial charge in [0.1, 0.15) is 0 Å². The number of aromatic amines is 1. The lowest BCUT2D eigenvalue weighted by Crippen LogP contribution is -2.35. The number of benzene rings is 1. The molecule has 1 aromatic carbocycles. The predicted molar refractivity (Wildman–Crippen MR) is 95.6 cm³/mol. The Morgan fingerprint density at radius 3 is 2.84 bits per heavy atom. The number of aryl methyl sites for hydroxylation is 1. The first kappa shape index (κ1) is 15.6. The number of H-pyrrole nitrogens is 1. The number of imidazole rings is 1. The molecular formula is C18H20N6O. The van der Waals surface area contributed by atoms with E-state index in [0.29, 0.717) is 12.1 Å². The predicted octanol–water partition coefficient (Wildman–Crippen LogP) is 2.01. The quantitative estimate of drug-likeness (QED) is 0.774. The van der Waals surface area contributed by atoms with Gasteiger partial charge in [-0.2, -0.15) is 5.10 Å². The minimum absolute atomic E-state index is 0.0633. The van der Waals surface area contributed by atoms with Crippen molar-refractivity contribution in [3.05, 3.63) is 47.9 Å². The largest absolute Gasteiger partial charge is 0.353 e. The van der Waals surface area contributed by atoms with Gasteiger partial charge in [-0.3, -0.25) is 4.79 Å². The molecule has 0 radical (unpaired) electrons. The Bertz CT molecular complexity index is 888. The van der Waals surface area contributed by atoms with Crippen LogP contribution < -0.4 is 4.90 Å². The molecule has 1 fully saturated rings. The summed E-state index contributed by atoms with van der Waals surface area (Å²) in [6.45, 7) is 4.98. The summed E-state index contributed by atoms with van der Waals surface area (Å²) in [7, 11) is 0. The number of nitrogens with one attached hydrogen (secondary N) is 1. The van der Waals surface area contributed by atoms with Gasteiger partial charge in [0.2, 0.25) is 0 Å². The number of amides is 1. The lowest BCUT2D eigenvalue weighted by atomic mass is 10.1. The summed E-state index contributed by atoms with van der Waals surface area (Å²) in [4.78, 5) is 24.2. The van der Waals surface area contributed by atoms with Gasteiger partial charge >= 0.3 is 0 Å². The van der Waals surface area contributed by atoms with Gasteiger partial charge in [-0.1, -0.05) is 0 Å². The molecule has 7 heteroatoms. The number of fused-ring (bicyclic) bond motifs is 1. The van der Waals surface area contributed by atoms with E-state index >= 15 is 0 Å². The third-order valence-corrected chi connectivity index (χ3v) is 4.56. The first-order valence-corrected chi connectivity index (χ1v) is 8.48. The van der Waals surface area contributed by atoms with Crippen LogP contribution in [0.25, 0.3) is 11.0 Å². The minimum Gasteiger partial charge on any atom is -0.353 e. The highest BCUT2D eigenvalue weighted by Gasteiger charge is 2.21. The summed E-state index contributed by atoms with van der Waals surface area (Å²) in [5.41, 5.74) is 3.36. The van der Waals surface area contributed by atoms with E-state index in [1.165, 1.54) is 0 Å². The molecule has 3 heterocycles. The average Bonchev–Trinajstić information content (AvgIpc) is 2.97. The maximum absolute atomic E-state index is 12.9. The van der Waals surface area contributed by atoms with Crippen molar-refractivity contribution in [2.45, 2.75) is 13.3 Å². The van der Waals surface area contributed by atoms with Crippen LogP contribution in [0.5, 0.6) is 0 Å². The Morgan fingerprint density at radius 1 is 1.08 bits per heavy atom. The number of aromatic nitrogens is 4. The molecule has 1 aliphatic heterocycles. The molecule has 25 heavy (non-hydrogen) atoms. The topological polar surface area (TPSA) is 78.0 Å². The molecule has 0 atom stereocenters. The van der Waals surface area contributed by atoms with Gasteiger partial charge < -0.3 is 14.8 Å². The second kappa shape index (κ2) is 6.51. The number of anilines is 1. The summed E-state index contributed by atoms with van der Waals surface area (Å²) in [5, 5.41) is 8.39. The molecule has 0 spiro atoms. The fourth-order valence-corrected chi connectivity index (χ4v) is 3.16. The number of rotatable bonds is 2. The fraction of sp³-hybridized carbons (Fsp3) is 0.333. The van der Waals surface area contributed by atoms with Crippen LogP contribution in [0.4, 0.5) is 5.82 Å². The average molecular weight is 336 g/mol. The van der Waals surface area contributed by atoms with E-state index in [9.17, 15) is 4.79 Å². The minimum atomic E-state index is 0.0633. The molecule has 1 saturated heterocycles. The monoisotopic (exact) mass is 336 g/mol. The Labute approximate surface area is 145 Å². The van der Waals surface area contributed by atoms with Gasteiger partial charge in [0, 0.05) is 31.7 Å². The first-order valence-electron chi connectivity index (χ1n) is 8.48. The molecular weight excluding hydrogens is 316 g/mol. The summed E-state index contributed by atoms with van der Waals surface area (Å²) >= 11 is 0. The second-order valence-electron chi connectivity index (χ2n) is 6.30. The summed E-state index contributed by atoms with van der Waals surface area (Å²) in [5.74, 6) is 0.937. The highest BCUT2D eigenvalue weighted by atomic mass is 16.2.